The van der Waals surface area contributed by atoms with Crippen LogP contribution in [0.1, 0.15) is 12.8 Å². The van der Waals surface area contributed by atoms with Gasteiger partial charge in [-0.15, -0.1) is 0 Å². The standard InChI is InChI=1S/C22H22N4OS/c27-21(25-18-9-3-1-4-10-18)17-8-7-15-26(16-17)20-22(24-14-13-23-20)28-19-11-5-2-6-12-19/h1-6,9-14,17H,7-8,15-16H2,(H,25,27)/t17-/m1/s1. The molecule has 1 aliphatic rings. The van der Waals surface area contributed by atoms with Crippen LogP contribution in [0.3, 0.4) is 0 Å². The lowest BCUT2D eigenvalue weighted by Crippen LogP contribution is -2.41. The minimum absolute atomic E-state index is 0.0643. The summed E-state index contributed by atoms with van der Waals surface area (Å²) in [5, 5.41) is 3.90. The highest BCUT2D eigenvalue weighted by atomic mass is 32.2. The summed E-state index contributed by atoms with van der Waals surface area (Å²) in [7, 11) is 0. The molecule has 2 aromatic carbocycles. The summed E-state index contributed by atoms with van der Waals surface area (Å²) >= 11 is 1.60. The number of hydrogen-bond acceptors (Lipinski definition) is 5. The summed E-state index contributed by atoms with van der Waals surface area (Å²) in [5.41, 5.74) is 0.837. The highest BCUT2D eigenvalue weighted by molar-refractivity contribution is 7.99. The average Bonchev–Trinajstić information content (AvgIpc) is 2.76. The van der Waals surface area contributed by atoms with Crippen molar-refractivity contribution in [2.75, 3.05) is 23.3 Å². The molecule has 1 aliphatic heterocycles. The number of carbonyl (C=O) groups is 1. The second-order valence-corrected chi connectivity index (χ2v) is 7.80. The van der Waals surface area contributed by atoms with Gasteiger partial charge in [-0.3, -0.25) is 4.79 Å². The highest BCUT2D eigenvalue weighted by Gasteiger charge is 2.28. The first-order valence-electron chi connectivity index (χ1n) is 9.44. The third kappa shape index (κ3) is 4.51. The van der Waals surface area contributed by atoms with Crippen LogP contribution >= 0.6 is 11.8 Å². The molecule has 0 spiro atoms. The van der Waals surface area contributed by atoms with E-state index in [4.69, 9.17) is 0 Å². The first-order chi connectivity index (χ1) is 13.8. The Morgan fingerprint density at radius 2 is 1.71 bits per heavy atom. The van der Waals surface area contributed by atoms with Crippen molar-refractivity contribution >= 4 is 29.2 Å². The number of nitrogens with one attached hydrogen (secondary N) is 1. The van der Waals surface area contributed by atoms with E-state index in [2.05, 4.69) is 32.3 Å². The van der Waals surface area contributed by atoms with Crippen molar-refractivity contribution in [3.05, 3.63) is 73.1 Å². The van der Waals surface area contributed by atoms with E-state index in [1.54, 1.807) is 24.2 Å². The van der Waals surface area contributed by atoms with Crippen LogP contribution in [0.4, 0.5) is 11.5 Å². The maximum atomic E-state index is 12.7. The Morgan fingerprint density at radius 3 is 2.50 bits per heavy atom. The van der Waals surface area contributed by atoms with Crippen molar-refractivity contribution < 1.29 is 4.79 Å². The number of para-hydroxylation sites is 1. The molecule has 3 aromatic rings. The summed E-state index contributed by atoms with van der Waals surface area (Å²) in [6, 6.07) is 19.8. The quantitative estimate of drug-likeness (QED) is 0.696. The lowest BCUT2D eigenvalue weighted by molar-refractivity contribution is -0.120. The SMILES string of the molecule is O=C(Nc1ccccc1)[C@@H]1CCCN(c2nccnc2Sc2ccccc2)C1. The average molecular weight is 391 g/mol. The van der Waals surface area contributed by atoms with Gasteiger partial charge in [0.2, 0.25) is 5.91 Å². The number of anilines is 2. The molecule has 1 saturated heterocycles. The molecule has 5 nitrogen and oxygen atoms in total. The molecule has 4 rings (SSSR count). The number of nitrogens with zero attached hydrogens (tertiary/aromatic N) is 3. The Labute approximate surface area is 169 Å². The van der Waals surface area contributed by atoms with Crippen LogP contribution in [-0.2, 0) is 4.79 Å². The molecule has 28 heavy (non-hydrogen) atoms. The second kappa shape index (κ2) is 8.89. The molecule has 0 radical (unpaired) electrons. The molecule has 142 valence electrons. The van der Waals surface area contributed by atoms with E-state index in [0.717, 1.165) is 40.8 Å². The molecular weight excluding hydrogens is 368 g/mol. The molecule has 0 saturated carbocycles. The molecule has 0 aliphatic carbocycles. The van der Waals surface area contributed by atoms with Gasteiger partial charge in [0, 0.05) is 36.1 Å². The summed E-state index contributed by atoms with van der Waals surface area (Å²) in [6.45, 7) is 1.54. The number of amides is 1. The molecule has 1 amide bonds. The van der Waals surface area contributed by atoms with Gasteiger partial charge in [0.15, 0.2) is 5.82 Å². The zero-order valence-electron chi connectivity index (χ0n) is 15.5. The zero-order valence-corrected chi connectivity index (χ0v) is 16.3. The maximum absolute atomic E-state index is 12.7. The van der Waals surface area contributed by atoms with Gasteiger partial charge in [0.25, 0.3) is 0 Å². The van der Waals surface area contributed by atoms with Gasteiger partial charge in [-0.2, -0.15) is 0 Å². The number of aromatic nitrogens is 2. The van der Waals surface area contributed by atoms with Crippen molar-refractivity contribution in [1.82, 2.24) is 9.97 Å². The summed E-state index contributed by atoms with van der Waals surface area (Å²) < 4.78 is 0. The van der Waals surface area contributed by atoms with E-state index in [0.29, 0.717) is 6.54 Å². The Bertz CT molecular complexity index is 920. The Hall–Kier alpha value is -2.86. The number of rotatable bonds is 5. The predicted molar refractivity (Wildman–Crippen MR) is 113 cm³/mol. The highest BCUT2D eigenvalue weighted by Crippen LogP contribution is 2.34. The lowest BCUT2D eigenvalue weighted by Gasteiger charge is -2.33. The van der Waals surface area contributed by atoms with E-state index in [9.17, 15) is 4.79 Å². The van der Waals surface area contributed by atoms with Crippen LogP contribution in [0.15, 0.2) is 83.0 Å². The van der Waals surface area contributed by atoms with Gasteiger partial charge < -0.3 is 10.2 Å². The zero-order chi connectivity index (χ0) is 19.2. The topological polar surface area (TPSA) is 58.1 Å². The number of hydrogen-bond donors (Lipinski definition) is 1. The van der Waals surface area contributed by atoms with Crippen LogP contribution < -0.4 is 10.2 Å². The molecule has 2 heterocycles. The van der Waals surface area contributed by atoms with Gasteiger partial charge in [0.1, 0.15) is 5.03 Å². The third-order valence-corrected chi connectivity index (χ3v) is 5.73. The van der Waals surface area contributed by atoms with Crippen LogP contribution in [0, 0.1) is 5.92 Å². The van der Waals surface area contributed by atoms with Crippen LogP contribution in [-0.4, -0.2) is 29.0 Å². The molecule has 0 unspecified atom stereocenters. The summed E-state index contributed by atoms with van der Waals surface area (Å²) in [5.74, 6) is 0.858. The van der Waals surface area contributed by atoms with Crippen LogP contribution in [0.5, 0.6) is 0 Å². The Kier molecular flexibility index (Phi) is 5.87. The minimum atomic E-state index is -0.0643. The van der Waals surface area contributed by atoms with Crippen LogP contribution in [0.25, 0.3) is 0 Å². The molecule has 1 N–H and O–H groups in total. The predicted octanol–water partition coefficient (Wildman–Crippen LogP) is 4.48. The maximum Gasteiger partial charge on any atom is 0.229 e. The molecule has 1 aromatic heterocycles. The van der Waals surface area contributed by atoms with Gasteiger partial charge in [0.05, 0.1) is 5.92 Å². The number of carbonyl (C=O) groups excluding carboxylic acids is 1. The minimum Gasteiger partial charge on any atom is -0.354 e. The fraction of sp³-hybridized carbons (Fsp3) is 0.227. The van der Waals surface area contributed by atoms with E-state index in [-0.39, 0.29) is 11.8 Å². The van der Waals surface area contributed by atoms with Gasteiger partial charge in [-0.25, -0.2) is 9.97 Å². The van der Waals surface area contributed by atoms with Crippen molar-refractivity contribution in [3.63, 3.8) is 0 Å². The molecule has 1 atom stereocenters. The van der Waals surface area contributed by atoms with Gasteiger partial charge in [-0.05, 0) is 37.1 Å². The third-order valence-electron chi connectivity index (χ3n) is 4.74. The molecular formula is C22H22N4OS. The summed E-state index contributed by atoms with van der Waals surface area (Å²) in [4.78, 5) is 25.2. The van der Waals surface area contributed by atoms with E-state index in [1.807, 2.05) is 48.5 Å². The normalized spacial score (nSPS) is 16.6. The van der Waals surface area contributed by atoms with Gasteiger partial charge in [-0.1, -0.05) is 48.2 Å². The lowest BCUT2D eigenvalue weighted by atomic mass is 9.97. The molecule has 0 bridgehead atoms. The van der Waals surface area contributed by atoms with E-state index < -0.39 is 0 Å². The van der Waals surface area contributed by atoms with Crippen molar-refractivity contribution in [1.29, 1.82) is 0 Å². The summed E-state index contributed by atoms with van der Waals surface area (Å²) in [6.07, 6.45) is 5.28. The largest absolute Gasteiger partial charge is 0.354 e. The smallest absolute Gasteiger partial charge is 0.229 e. The molecule has 6 heteroatoms. The number of benzene rings is 2. The van der Waals surface area contributed by atoms with Crippen molar-refractivity contribution in [2.24, 2.45) is 5.92 Å². The molecule has 1 fully saturated rings. The van der Waals surface area contributed by atoms with E-state index in [1.165, 1.54) is 0 Å². The van der Waals surface area contributed by atoms with Crippen molar-refractivity contribution in [3.8, 4) is 0 Å². The fourth-order valence-corrected chi connectivity index (χ4v) is 4.26. The van der Waals surface area contributed by atoms with Crippen molar-refractivity contribution in [2.45, 2.75) is 22.8 Å². The van der Waals surface area contributed by atoms with E-state index >= 15 is 0 Å². The monoisotopic (exact) mass is 390 g/mol. The Balaban J connectivity index is 1.48. The second-order valence-electron chi connectivity index (χ2n) is 6.74. The Morgan fingerprint density at radius 1 is 1.00 bits per heavy atom. The number of piperidine rings is 1. The first-order valence-corrected chi connectivity index (χ1v) is 10.3. The first kappa shape index (κ1) is 18.5. The van der Waals surface area contributed by atoms with Crippen LogP contribution in [0.2, 0.25) is 0 Å². The van der Waals surface area contributed by atoms with Gasteiger partial charge >= 0.3 is 0 Å². The fourth-order valence-electron chi connectivity index (χ4n) is 3.36.